The molecule has 5 rings (SSSR count). The molecule has 0 aromatic heterocycles. The van der Waals surface area contributed by atoms with Crippen LogP contribution < -0.4 is 0 Å². The summed E-state index contributed by atoms with van der Waals surface area (Å²) < 4.78 is 0. The van der Waals surface area contributed by atoms with Crippen LogP contribution in [0, 0.1) is 5.92 Å². The summed E-state index contributed by atoms with van der Waals surface area (Å²) in [7, 11) is 0. The molecule has 2 heteroatoms. The lowest BCUT2D eigenvalue weighted by molar-refractivity contribution is 0.0839. The molecule has 3 atom stereocenters. The molecule has 0 N–H and O–H groups in total. The van der Waals surface area contributed by atoms with Crippen LogP contribution in [0.25, 0.3) is 10.8 Å². The topological polar surface area (TPSA) is 6.48 Å². The zero-order chi connectivity index (χ0) is 19.6. The molecule has 0 unspecified atom stereocenters. The van der Waals surface area contributed by atoms with Crippen molar-refractivity contribution in [2.75, 3.05) is 26.2 Å². The zero-order valence-corrected chi connectivity index (χ0v) is 17.5. The van der Waals surface area contributed by atoms with Gasteiger partial charge in [-0.25, -0.2) is 0 Å². The minimum atomic E-state index is 0.477. The fourth-order valence-electron chi connectivity index (χ4n) is 5.65. The lowest BCUT2D eigenvalue weighted by Gasteiger charge is -2.41. The number of likely N-dealkylation sites (tertiary alicyclic amines) is 2. The number of hydrogen-bond donors (Lipinski definition) is 0. The molecule has 0 radical (unpaired) electrons. The predicted octanol–water partition coefficient (Wildman–Crippen LogP) is 5.54. The Bertz CT molecular complexity index is 946. The molecule has 0 saturated carbocycles. The monoisotopic (exact) mass is 384 g/mol. The molecule has 150 valence electrons. The molecule has 0 aliphatic carbocycles. The number of nitrogens with zero attached hydrogens (tertiary/aromatic N) is 2. The highest BCUT2D eigenvalue weighted by atomic mass is 15.3. The van der Waals surface area contributed by atoms with Crippen molar-refractivity contribution in [3.8, 4) is 0 Å². The third-order valence-electron chi connectivity index (χ3n) is 7.32. The molecule has 2 saturated heterocycles. The van der Waals surface area contributed by atoms with Gasteiger partial charge in [-0.1, -0.05) is 72.8 Å². The number of hydrogen-bond acceptors (Lipinski definition) is 2. The van der Waals surface area contributed by atoms with Crippen molar-refractivity contribution >= 4 is 10.8 Å². The maximum atomic E-state index is 2.81. The van der Waals surface area contributed by atoms with E-state index in [0.717, 1.165) is 12.3 Å². The first-order valence-electron chi connectivity index (χ1n) is 11.3. The van der Waals surface area contributed by atoms with Crippen molar-refractivity contribution in [2.24, 2.45) is 5.92 Å². The van der Waals surface area contributed by atoms with E-state index in [4.69, 9.17) is 0 Å². The highest BCUT2D eigenvalue weighted by molar-refractivity contribution is 5.86. The van der Waals surface area contributed by atoms with Crippen molar-refractivity contribution < 1.29 is 0 Å². The van der Waals surface area contributed by atoms with Crippen LogP contribution in [0.4, 0.5) is 0 Å². The molecule has 2 aliphatic heterocycles. The van der Waals surface area contributed by atoms with E-state index in [2.05, 4.69) is 89.5 Å². The molecule has 2 aliphatic rings. The summed E-state index contributed by atoms with van der Waals surface area (Å²) >= 11 is 0. The SMILES string of the molecule is C[C@@H](c1cccc2ccccc12)N1CC[C@H]2CCN(CCc3ccccc3)C[C@H]21. The van der Waals surface area contributed by atoms with Gasteiger partial charge in [-0.15, -0.1) is 0 Å². The van der Waals surface area contributed by atoms with Gasteiger partial charge in [0.1, 0.15) is 0 Å². The van der Waals surface area contributed by atoms with Crippen molar-refractivity contribution in [2.45, 2.75) is 38.3 Å². The molecule has 0 spiro atoms. The molecule has 0 amide bonds. The second-order valence-electron chi connectivity index (χ2n) is 8.92. The van der Waals surface area contributed by atoms with Gasteiger partial charge in [-0.3, -0.25) is 4.90 Å². The van der Waals surface area contributed by atoms with E-state index < -0.39 is 0 Å². The number of benzene rings is 3. The minimum absolute atomic E-state index is 0.477. The first kappa shape index (κ1) is 18.8. The lowest BCUT2D eigenvalue weighted by atomic mass is 9.91. The van der Waals surface area contributed by atoms with E-state index in [1.54, 1.807) is 0 Å². The van der Waals surface area contributed by atoms with Crippen molar-refractivity contribution in [1.82, 2.24) is 9.80 Å². The van der Waals surface area contributed by atoms with Crippen LogP contribution in [0.15, 0.2) is 72.8 Å². The molecule has 3 aromatic carbocycles. The Hall–Kier alpha value is -2.16. The molecular formula is C27H32N2. The summed E-state index contributed by atoms with van der Waals surface area (Å²) in [6.45, 7) is 7.35. The Balaban J connectivity index is 1.31. The van der Waals surface area contributed by atoms with Gasteiger partial charge >= 0.3 is 0 Å². The standard InChI is InChI=1S/C27H32N2/c1-21(25-13-7-11-23-10-5-6-12-26(23)25)29-19-16-24-15-18-28(20-27(24)29)17-14-22-8-3-2-4-9-22/h2-13,21,24,27H,14-20H2,1H3/t21-,24+,27+/m0/s1. The van der Waals surface area contributed by atoms with Crippen LogP contribution in [-0.2, 0) is 6.42 Å². The van der Waals surface area contributed by atoms with Crippen LogP contribution >= 0.6 is 0 Å². The Labute approximate surface area is 175 Å². The third kappa shape index (κ3) is 3.84. The first-order valence-corrected chi connectivity index (χ1v) is 11.3. The van der Waals surface area contributed by atoms with Crippen molar-refractivity contribution in [1.29, 1.82) is 0 Å². The van der Waals surface area contributed by atoms with Crippen LogP contribution in [0.5, 0.6) is 0 Å². The maximum Gasteiger partial charge on any atom is 0.0329 e. The van der Waals surface area contributed by atoms with Gasteiger partial charge in [0, 0.05) is 25.2 Å². The summed E-state index contributed by atoms with van der Waals surface area (Å²) in [5, 5.41) is 2.78. The molecule has 29 heavy (non-hydrogen) atoms. The van der Waals surface area contributed by atoms with Gasteiger partial charge in [0.25, 0.3) is 0 Å². The number of piperidine rings is 1. The number of fused-ring (bicyclic) bond motifs is 2. The van der Waals surface area contributed by atoms with Crippen molar-refractivity contribution in [3.63, 3.8) is 0 Å². The number of rotatable bonds is 5. The quantitative estimate of drug-likeness (QED) is 0.570. The highest BCUT2D eigenvalue weighted by Crippen LogP contribution is 2.38. The van der Waals surface area contributed by atoms with E-state index in [9.17, 15) is 0 Å². The van der Waals surface area contributed by atoms with Crippen LogP contribution in [0.2, 0.25) is 0 Å². The van der Waals surface area contributed by atoms with Crippen molar-refractivity contribution in [3.05, 3.63) is 83.9 Å². The van der Waals surface area contributed by atoms with Crippen LogP contribution in [0.3, 0.4) is 0 Å². The largest absolute Gasteiger partial charge is 0.301 e. The smallest absolute Gasteiger partial charge is 0.0329 e. The summed E-state index contributed by atoms with van der Waals surface area (Å²) in [6, 6.07) is 27.8. The summed E-state index contributed by atoms with van der Waals surface area (Å²) in [6.07, 6.45) is 3.89. The summed E-state index contributed by atoms with van der Waals surface area (Å²) in [5.74, 6) is 0.875. The molecule has 2 heterocycles. The van der Waals surface area contributed by atoms with Gasteiger partial charge in [-0.05, 0) is 67.1 Å². The fourth-order valence-corrected chi connectivity index (χ4v) is 5.65. The van der Waals surface area contributed by atoms with Gasteiger partial charge in [0.05, 0.1) is 0 Å². The van der Waals surface area contributed by atoms with Gasteiger partial charge in [-0.2, -0.15) is 0 Å². The molecule has 2 nitrogen and oxygen atoms in total. The Morgan fingerprint density at radius 3 is 2.52 bits per heavy atom. The predicted molar refractivity (Wildman–Crippen MR) is 122 cm³/mol. The normalized spacial score (nSPS) is 23.9. The zero-order valence-electron chi connectivity index (χ0n) is 17.5. The van der Waals surface area contributed by atoms with Gasteiger partial charge < -0.3 is 4.90 Å². The molecular weight excluding hydrogens is 352 g/mol. The average molecular weight is 385 g/mol. The lowest BCUT2D eigenvalue weighted by Crippen LogP contribution is -2.49. The first-order chi connectivity index (χ1) is 14.3. The second-order valence-corrected chi connectivity index (χ2v) is 8.92. The summed E-state index contributed by atoms with van der Waals surface area (Å²) in [4.78, 5) is 5.52. The highest BCUT2D eigenvalue weighted by Gasteiger charge is 2.40. The van der Waals surface area contributed by atoms with Gasteiger partial charge in [0.2, 0.25) is 0 Å². The van der Waals surface area contributed by atoms with E-state index in [0.29, 0.717) is 12.1 Å². The van der Waals surface area contributed by atoms with Crippen LogP contribution in [-0.4, -0.2) is 42.0 Å². The average Bonchev–Trinajstić information content (AvgIpc) is 3.21. The Morgan fingerprint density at radius 1 is 0.862 bits per heavy atom. The Kier molecular flexibility index (Phi) is 5.39. The minimum Gasteiger partial charge on any atom is -0.301 e. The van der Waals surface area contributed by atoms with E-state index >= 15 is 0 Å². The molecule has 0 bridgehead atoms. The summed E-state index contributed by atoms with van der Waals surface area (Å²) in [5.41, 5.74) is 2.95. The molecule has 2 fully saturated rings. The fraction of sp³-hybridized carbons (Fsp3) is 0.407. The van der Waals surface area contributed by atoms with E-state index in [1.165, 1.54) is 60.9 Å². The van der Waals surface area contributed by atoms with Crippen LogP contribution in [0.1, 0.15) is 36.9 Å². The van der Waals surface area contributed by atoms with E-state index in [1.807, 2.05) is 0 Å². The Morgan fingerprint density at radius 2 is 1.62 bits per heavy atom. The van der Waals surface area contributed by atoms with E-state index in [-0.39, 0.29) is 0 Å². The molecule has 3 aromatic rings. The third-order valence-corrected chi connectivity index (χ3v) is 7.32. The van der Waals surface area contributed by atoms with Gasteiger partial charge in [0.15, 0.2) is 0 Å². The second kappa shape index (κ2) is 8.30. The maximum absolute atomic E-state index is 2.81.